The Morgan fingerprint density at radius 3 is 2.12 bits per heavy atom. The molecule has 1 aromatic carbocycles. The summed E-state index contributed by atoms with van der Waals surface area (Å²) in [4.78, 5) is 28.6. The van der Waals surface area contributed by atoms with E-state index < -0.39 is 0 Å². The molecule has 1 saturated heterocycles. The van der Waals surface area contributed by atoms with Crippen LogP contribution >= 0.6 is 0 Å². The largest absolute Gasteiger partial charge is 0.493 e. The van der Waals surface area contributed by atoms with Crippen molar-refractivity contribution < 1.29 is 23.8 Å². The monoisotopic (exact) mass is 362 g/mol. The van der Waals surface area contributed by atoms with E-state index in [1.54, 1.807) is 17.0 Å². The Labute approximate surface area is 154 Å². The van der Waals surface area contributed by atoms with Crippen LogP contribution in [-0.2, 0) is 4.79 Å². The first-order valence-corrected chi connectivity index (χ1v) is 8.58. The fourth-order valence-electron chi connectivity index (χ4n) is 2.68. The highest BCUT2D eigenvalue weighted by Gasteiger charge is 2.19. The summed E-state index contributed by atoms with van der Waals surface area (Å²) >= 11 is 0. The van der Waals surface area contributed by atoms with Gasteiger partial charge in [-0.05, 0) is 32.2 Å². The minimum atomic E-state index is -0.299. The van der Waals surface area contributed by atoms with Crippen molar-refractivity contribution in [1.29, 1.82) is 0 Å². The predicted octanol–water partition coefficient (Wildman–Crippen LogP) is 1.62. The first-order valence-electron chi connectivity index (χ1n) is 8.58. The van der Waals surface area contributed by atoms with Crippen molar-refractivity contribution in [3.8, 4) is 17.2 Å². The van der Waals surface area contributed by atoms with Gasteiger partial charge in [0.15, 0.2) is 17.3 Å². The molecule has 0 radical (unpaired) electrons. The number of carbonyl (C=O) groups excluding carboxylic acids is 2. The summed E-state index contributed by atoms with van der Waals surface area (Å²) in [6, 6.07) is 3.17. The Kier molecular flexibility index (Phi) is 7.03. The zero-order valence-electron chi connectivity index (χ0n) is 15.8. The molecule has 1 heterocycles. The number of ketones is 1. The van der Waals surface area contributed by atoms with Crippen LogP contribution in [0, 0.1) is 0 Å². The van der Waals surface area contributed by atoms with E-state index in [1.807, 2.05) is 14.0 Å². The fraction of sp³-hybridized carbons (Fsp3) is 0.474. The first kappa shape index (κ1) is 19.8. The molecule has 26 heavy (non-hydrogen) atoms. The number of likely N-dealkylation sites (N-methyl/N-ethyl adjacent to an activating group) is 1. The van der Waals surface area contributed by atoms with Crippen molar-refractivity contribution in [3.05, 3.63) is 29.8 Å². The van der Waals surface area contributed by atoms with E-state index >= 15 is 0 Å². The highest BCUT2D eigenvalue weighted by molar-refractivity contribution is 6.08. The molecular formula is C19H26N2O5. The first-order chi connectivity index (χ1) is 12.5. The van der Waals surface area contributed by atoms with Gasteiger partial charge in [0.05, 0.1) is 20.8 Å². The van der Waals surface area contributed by atoms with Gasteiger partial charge in [-0.2, -0.15) is 0 Å². The van der Waals surface area contributed by atoms with Gasteiger partial charge in [0.2, 0.25) is 11.7 Å². The van der Waals surface area contributed by atoms with Gasteiger partial charge in [-0.15, -0.1) is 0 Å². The number of carbonyl (C=O) groups is 2. The van der Waals surface area contributed by atoms with E-state index in [-0.39, 0.29) is 11.7 Å². The third-order valence-electron chi connectivity index (χ3n) is 4.23. The molecular weight excluding hydrogens is 336 g/mol. The molecule has 1 aromatic rings. The maximum Gasteiger partial charge on any atom is 0.246 e. The van der Waals surface area contributed by atoms with Crippen molar-refractivity contribution in [1.82, 2.24) is 9.80 Å². The fourth-order valence-corrected chi connectivity index (χ4v) is 2.68. The zero-order valence-corrected chi connectivity index (χ0v) is 15.8. The second kappa shape index (κ2) is 9.24. The Morgan fingerprint density at radius 2 is 1.62 bits per heavy atom. The molecule has 0 saturated carbocycles. The molecule has 2 rings (SSSR count). The molecule has 7 nitrogen and oxygen atoms in total. The molecule has 0 aliphatic carbocycles. The molecule has 0 N–H and O–H groups in total. The van der Waals surface area contributed by atoms with Gasteiger partial charge in [0.25, 0.3) is 0 Å². The van der Waals surface area contributed by atoms with E-state index in [2.05, 4.69) is 4.90 Å². The lowest BCUT2D eigenvalue weighted by atomic mass is 10.1. The maximum atomic E-state index is 12.5. The highest BCUT2D eigenvalue weighted by atomic mass is 16.5. The van der Waals surface area contributed by atoms with Crippen LogP contribution in [0.4, 0.5) is 0 Å². The van der Waals surface area contributed by atoms with E-state index in [9.17, 15) is 9.59 Å². The number of methoxy groups -OCH3 is 2. The van der Waals surface area contributed by atoms with Crippen molar-refractivity contribution in [2.75, 3.05) is 54.1 Å². The summed E-state index contributed by atoms with van der Waals surface area (Å²) < 4.78 is 16.1. The van der Waals surface area contributed by atoms with Crippen LogP contribution in [0.3, 0.4) is 0 Å². The molecule has 7 heteroatoms. The van der Waals surface area contributed by atoms with Crippen molar-refractivity contribution in [2.45, 2.75) is 6.92 Å². The predicted molar refractivity (Wildman–Crippen MR) is 98.3 cm³/mol. The van der Waals surface area contributed by atoms with Crippen LogP contribution in [0.2, 0.25) is 0 Å². The van der Waals surface area contributed by atoms with Gasteiger partial charge in [-0.1, -0.05) is 0 Å². The van der Waals surface area contributed by atoms with Crippen LogP contribution in [0.15, 0.2) is 24.3 Å². The summed E-state index contributed by atoms with van der Waals surface area (Å²) in [7, 11) is 5.02. The summed E-state index contributed by atoms with van der Waals surface area (Å²) in [5.74, 6) is 0.816. The number of rotatable bonds is 7. The molecule has 142 valence electrons. The Balaban J connectivity index is 2.14. The number of ether oxygens (including phenoxy) is 3. The number of allylic oxidation sites excluding steroid dienone is 1. The number of piperazine rings is 1. The van der Waals surface area contributed by atoms with Gasteiger partial charge in [0.1, 0.15) is 0 Å². The van der Waals surface area contributed by atoms with Crippen LogP contribution < -0.4 is 14.2 Å². The lowest BCUT2D eigenvalue weighted by molar-refractivity contribution is -0.127. The van der Waals surface area contributed by atoms with Gasteiger partial charge in [0, 0.05) is 37.8 Å². The average molecular weight is 362 g/mol. The summed E-state index contributed by atoms with van der Waals surface area (Å²) in [6.07, 6.45) is 2.61. The van der Waals surface area contributed by atoms with E-state index in [1.165, 1.54) is 26.4 Å². The van der Waals surface area contributed by atoms with Gasteiger partial charge in [-0.3, -0.25) is 9.59 Å². The normalized spacial score (nSPS) is 15.2. The maximum absolute atomic E-state index is 12.5. The number of benzene rings is 1. The molecule has 0 aromatic heterocycles. The minimum absolute atomic E-state index is 0.156. The van der Waals surface area contributed by atoms with Gasteiger partial charge in [-0.25, -0.2) is 0 Å². The molecule has 0 spiro atoms. The van der Waals surface area contributed by atoms with Crippen molar-refractivity contribution in [3.63, 3.8) is 0 Å². The molecule has 1 fully saturated rings. The molecule has 1 amide bonds. The molecule has 1 aliphatic heterocycles. The number of hydrogen-bond donors (Lipinski definition) is 0. The van der Waals surface area contributed by atoms with Crippen LogP contribution in [0.5, 0.6) is 17.2 Å². The number of nitrogens with zero attached hydrogens (tertiary/aromatic N) is 2. The van der Waals surface area contributed by atoms with Crippen LogP contribution in [-0.4, -0.2) is 75.5 Å². The number of amides is 1. The molecule has 1 aliphatic rings. The van der Waals surface area contributed by atoms with Crippen LogP contribution in [0.1, 0.15) is 17.3 Å². The topological polar surface area (TPSA) is 68.3 Å². The number of hydrogen-bond acceptors (Lipinski definition) is 6. The van der Waals surface area contributed by atoms with E-state index in [4.69, 9.17) is 14.2 Å². The second-order valence-corrected chi connectivity index (χ2v) is 5.97. The third kappa shape index (κ3) is 4.76. The quantitative estimate of drug-likeness (QED) is 0.542. The van der Waals surface area contributed by atoms with Gasteiger partial charge >= 0.3 is 0 Å². The minimum Gasteiger partial charge on any atom is -0.493 e. The summed E-state index contributed by atoms with van der Waals surface area (Å²) in [6.45, 7) is 5.29. The lowest BCUT2D eigenvalue weighted by Crippen LogP contribution is -2.46. The van der Waals surface area contributed by atoms with Crippen LogP contribution in [0.25, 0.3) is 0 Å². The Hall–Kier alpha value is -2.54. The third-order valence-corrected chi connectivity index (χ3v) is 4.23. The SMILES string of the molecule is CCOc1c(OC)cc(C(=O)C=CC(=O)N2CCN(C)CC2)cc1OC. The smallest absolute Gasteiger partial charge is 0.246 e. The Morgan fingerprint density at radius 1 is 1.04 bits per heavy atom. The highest BCUT2D eigenvalue weighted by Crippen LogP contribution is 2.38. The lowest BCUT2D eigenvalue weighted by Gasteiger charge is -2.31. The van der Waals surface area contributed by atoms with Crippen molar-refractivity contribution >= 4 is 11.7 Å². The molecule has 0 bridgehead atoms. The summed E-state index contributed by atoms with van der Waals surface area (Å²) in [5, 5.41) is 0. The average Bonchev–Trinajstić information content (AvgIpc) is 2.66. The standard InChI is InChI=1S/C19H26N2O5/c1-5-26-19-16(24-3)12-14(13-17(19)25-4)15(22)6-7-18(23)21-10-8-20(2)9-11-21/h6-7,12-13H,5,8-11H2,1-4H3. The second-order valence-electron chi connectivity index (χ2n) is 5.97. The Bertz CT molecular complexity index is 654. The summed E-state index contributed by atoms with van der Waals surface area (Å²) in [5.41, 5.74) is 0.365. The van der Waals surface area contributed by atoms with E-state index in [0.717, 1.165) is 13.1 Å². The molecule has 0 atom stereocenters. The van der Waals surface area contributed by atoms with E-state index in [0.29, 0.717) is 42.5 Å². The van der Waals surface area contributed by atoms with Crippen molar-refractivity contribution in [2.24, 2.45) is 0 Å². The molecule has 0 unspecified atom stereocenters. The van der Waals surface area contributed by atoms with Gasteiger partial charge < -0.3 is 24.0 Å². The zero-order chi connectivity index (χ0) is 19.1.